The quantitative estimate of drug-likeness (QED) is 0.485. The summed E-state index contributed by atoms with van der Waals surface area (Å²) in [4.78, 5) is 0. The lowest BCUT2D eigenvalue weighted by Crippen LogP contribution is -2.02. The first-order valence-electron chi connectivity index (χ1n) is 5.27. The standard InChI is InChI=1S/C10H18OS3/c1-8(13-6-10-7-14-10)2-3-12-5-9-4-11-9/h8-10H,2-7H2,1H3. The molecule has 0 saturated carbocycles. The fourth-order valence-corrected chi connectivity index (χ4v) is 4.41. The smallest absolute Gasteiger partial charge is 0.0900 e. The second-order valence-corrected chi connectivity index (χ2v) is 7.87. The summed E-state index contributed by atoms with van der Waals surface area (Å²) in [6, 6.07) is 0. The van der Waals surface area contributed by atoms with Crippen molar-refractivity contribution in [3.05, 3.63) is 0 Å². The fraction of sp³-hybridized carbons (Fsp3) is 1.00. The van der Waals surface area contributed by atoms with E-state index in [0.717, 1.165) is 17.1 Å². The van der Waals surface area contributed by atoms with Gasteiger partial charge in [0.15, 0.2) is 0 Å². The van der Waals surface area contributed by atoms with E-state index >= 15 is 0 Å². The molecular formula is C10H18OS3. The van der Waals surface area contributed by atoms with Crippen LogP contribution in [0.2, 0.25) is 0 Å². The molecule has 4 heteroatoms. The van der Waals surface area contributed by atoms with Crippen LogP contribution in [0.25, 0.3) is 0 Å². The molecule has 0 amide bonds. The summed E-state index contributed by atoms with van der Waals surface area (Å²) in [5.41, 5.74) is 0. The Hall–Kier alpha value is 1.01. The van der Waals surface area contributed by atoms with E-state index in [4.69, 9.17) is 4.74 Å². The lowest BCUT2D eigenvalue weighted by atomic mass is 10.4. The van der Waals surface area contributed by atoms with E-state index < -0.39 is 0 Å². The molecule has 2 fully saturated rings. The molecule has 2 saturated heterocycles. The van der Waals surface area contributed by atoms with Crippen LogP contribution in [0.3, 0.4) is 0 Å². The number of epoxide rings is 1. The van der Waals surface area contributed by atoms with Gasteiger partial charge in [-0.15, -0.1) is 0 Å². The van der Waals surface area contributed by atoms with Gasteiger partial charge in [-0.2, -0.15) is 35.3 Å². The van der Waals surface area contributed by atoms with Gasteiger partial charge in [0.25, 0.3) is 0 Å². The zero-order chi connectivity index (χ0) is 9.80. The largest absolute Gasteiger partial charge is 0.372 e. The third kappa shape index (κ3) is 5.19. The van der Waals surface area contributed by atoms with Gasteiger partial charge < -0.3 is 4.74 Å². The van der Waals surface area contributed by atoms with Crippen LogP contribution >= 0.6 is 35.3 Å². The van der Waals surface area contributed by atoms with Crippen LogP contribution in [0, 0.1) is 0 Å². The molecule has 2 heterocycles. The molecule has 0 bridgehead atoms. The molecule has 2 aliphatic rings. The van der Waals surface area contributed by atoms with Gasteiger partial charge in [-0.05, 0) is 12.2 Å². The van der Waals surface area contributed by atoms with Crippen molar-refractivity contribution in [3.63, 3.8) is 0 Å². The SMILES string of the molecule is CC(CCSCC1CO1)SCC1CS1. The minimum absolute atomic E-state index is 0.603. The lowest BCUT2D eigenvalue weighted by molar-refractivity contribution is 0.426. The van der Waals surface area contributed by atoms with E-state index in [1.807, 2.05) is 0 Å². The predicted octanol–water partition coefficient (Wildman–Crippen LogP) is 2.75. The number of thioether (sulfide) groups is 3. The van der Waals surface area contributed by atoms with Crippen LogP contribution in [0.15, 0.2) is 0 Å². The van der Waals surface area contributed by atoms with Crippen LogP contribution in [0.4, 0.5) is 0 Å². The van der Waals surface area contributed by atoms with Crippen molar-refractivity contribution >= 4 is 35.3 Å². The summed E-state index contributed by atoms with van der Waals surface area (Å²) in [5, 5.41) is 1.85. The zero-order valence-electron chi connectivity index (χ0n) is 8.61. The highest BCUT2D eigenvalue weighted by atomic mass is 32.2. The number of hydrogen-bond acceptors (Lipinski definition) is 4. The molecule has 0 aromatic heterocycles. The van der Waals surface area contributed by atoms with Gasteiger partial charge in [0.1, 0.15) is 0 Å². The Morgan fingerprint density at radius 2 is 2.29 bits per heavy atom. The molecule has 0 spiro atoms. The molecule has 0 N–H and O–H groups in total. The summed E-state index contributed by atoms with van der Waals surface area (Å²) >= 11 is 6.32. The lowest BCUT2D eigenvalue weighted by Gasteiger charge is -2.09. The van der Waals surface area contributed by atoms with Gasteiger partial charge in [0, 0.05) is 27.8 Å². The van der Waals surface area contributed by atoms with Crippen molar-refractivity contribution in [2.45, 2.75) is 29.9 Å². The first-order chi connectivity index (χ1) is 6.84. The molecule has 3 unspecified atom stereocenters. The topological polar surface area (TPSA) is 12.5 Å². The van der Waals surface area contributed by atoms with Crippen molar-refractivity contribution in [1.29, 1.82) is 0 Å². The van der Waals surface area contributed by atoms with Crippen molar-refractivity contribution < 1.29 is 4.74 Å². The van der Waals surface area contributed by atoms with Crippen LogP contribution in [-0.4, -0.2) is 46.2 Å². The van der Waals surface area contributed by atoms with Crippen molar-refractivity contribution in [2.24, 2.45) is 0 Å². The van der Waals surface area contributed by atoms with Crippen LogP contribution in [0.1, 0.15) is 13.3 Å². The summed E-state index contributed by atoms with van der Waals surface area (Å²) < 4.78 is 5.17. The third-order valence-corrected chi connectivity index (χ3v) is 6.06. The molecule has 82 valence electrons. The average Bonchev–Trinajstić information content (AvgIpc) is 3.02. The Morgan fingerprint density at radius 1 is 1.50 bits per heavy atom. The Bertz CT molecular complexity index is 169. The summed E-state index contributed by atoms with van der Waals surface area (Å²) in [6.45, 7) is 3.38. The second-order valence-electron chi connectivity index (χ2n) is 3.92. The Kier molecular flexibility index (Phi) is 4.86. The number of hydrogen-bond donors (Lipinski definition) is 0. The normalized spacial score (nSPS) is 31.5. The zero-order valence-corrected chi connectivity index (χ0v) is 11.1. The highest BCUT2D eigenvalue weighted by Gasteiger charge is 2.23. The molecule has 0 radical (unpaired) electrons. The van der Waals surface area contributed by atoms with Crippen LogP contribution < -0.4 is 0 Å². The minimum Gasteiger partial charge on any atom is -0.372 e. The summed E-state index contributed by atoms with van der Waals surface area (Å²) in [5.74, 6) is 5.32. The first kappa shape index (κ1) is 11.5. The van der Waals surface area contributed by atoms with E-state index in [1.165, 1.54) is 29.4 Å². The van der Waals surface area contributed by atoms with E-state index in [-0.39, 0.29) is 0 Å². The minimum atomic E-state index is 0.603. The molecule has 3 atom stereocenters. The van der Waals surface area contributed by atoms with Crippen molar-refractivity contribution in [3.8, 4) is 0 Å². The van der Waals surface area contributed by atoms with Gasteiger partial charge in [0.2, 0.25) is 0 Å². The monoisotopic (exact) mass is 250 g/mol. The molecule has 0 aromatic rings. The Morgan fingerprint density at radius 3 is 2.93 bits per heavy atom. The number of rotatable bonds is 8. The predicted molar refractivity (Wildman–Crippen MR) is 69.8 cm³/mol. The Labute approximate surface area is 99.5 Å². The van der Waals surface area contributed by atoms with Crippen molar-refractivity contribution in [1.82, 2.24) is 0 Å². The second kappa shape index (κ2) is 5.92. The van der Waals surface area contributed by atoms with Crippen molar-refractivity contribution in [2.75, 3.05) is 29.6 Å². The number of ether oxygens (including phenoxy) is 1. The average molecular weight is 250 g/mol. The van der Waals surface area contributed by atoms with Gasteiger partial charge in [-0.25, -0.2) is 0 Å². The first-order valence-corrected chi connectivity index (χ1v) is 8.52. The molecule has 0 aliphatic carbocycles. The van der Waals surface area contributed by atoms with Crippen LogP contribution in [-0.2, 0) is 4.74 Å². The molecule has 2 rings (SSSR count). The van der Waals surface area contributed by atoms with E-state index in [0.29, 0.717) is 6.10 Å². The van der Waals surface area contributed by atoms with Gasteiger partial charge in [-0.3, -0.25) is 0 Å². The molecule has 2 aliphatic heterocycles. The molecule has 14 heavy (non-hydrogen) atoms. The maximum Gasteiger partial charge on any atom is 0.0900 e. The molecular weight excluding hydrogens is 232 g/mol. The third-order valence-electron chi connectivity index (χ3n) is 2.34. The van der Waals surface area contributed by atoms with Gasteiger partial charge in [-0.1, -0.05) is 6.92 Å². The van der Waals surface area contributed by atoms with Gasteiger partial charge >= 0.3 is 0 Å². The highest BCUT2D eigenvalue weighted by molar-refractivity contribution is 8.08. The van der Waals surface area contributed by atoms with E-state index in [9.17, 15) is 0 Å². The highest BCUT2D eigenvalue weighted by Crippen LogP contribution is 2.34. The van der Waals surface area contributed by atoms with Crippen LogP contribution in [0.5, 0.6) is 0 Å². The van der Waals surface area contributed by atoms with E-state index in [1.54, 1.807) is 0 Å². The summed E-state index contributed by atoms with van der Waals surface area (Å²) in [7, 11) is 0. The maximum atomic E-state index is 5.17. The summed E-state index contributed by atoms with van der Waals surface area (Å²) in [6.07, 6.45) is 1.96. The van der Waals surface area contributed by atoms with E-state index in [2.05, 4.69) is 42.2 Å². The van der Waals surface area contributed by atoms with Gasteiger partial charge in [0.05, 0.1) is 12.7 Å². The fourth-order valence-electron chi connectivity index (χ4n) is 1.15. The molecule has 0 aromatic carbocycles. The Balaban J connectivity index is 1.38. The maximum absolute atomic E-state index is 5.17. The molecule has 1 nitrogen and oxygen atoms in total.